The Morgan fingerprint density at radius 2 is 2.36 bits per heavy atom. The Kier molecular flexibility index (Phi) is 4.98. The summed E-state index contributed by atoms with van der Waals surface area (Å²) in [5.74, 6) is 0. The maximum absolute atomic E-state index is 5.59. The summed E-state index contributed by atoms with van der Waals surface area (Å²) in [5, 5.41) is 3.25. The molecule has 14 heavy (non-hydrogen) atoms. The number of hydrogen-bond acceptors (Lipinski definition) is 3. The molecule has 0 aliphatic carbocycles. The number of nitrogens with one attached hydrogen (secondary N) is 1. The molecule has 1 N–H and O–H groups in total. The van der Waals surface area contributed by atoms with Crippen LogP contribution in [0.25, 0.3) is 0 Å². The van der Waals surface area contributed by atoms with Crippen molar-refractivity contribution in [3.8, 4) is 0 Å². The monoisotopic (exact) mass is 199 g/mol. The summed E-state index contributed by atoms with van der Waals surface area (Å²) in [6, 6.07) is 0.303. The molecule has 3 heteroatoms. The van der Waals surface area contributed by atoms with Crippen LogP contribution in [0.4, 0.5) is 0 Å². The molecular weight excluding hydrogens is 178 g/mol. The minimum atomic E-state index is 0.288. The third-order valence-corrected chi connectivity index (χ3v) is 2.35. The summed E-state index contributed by atoms with van der Waals surface area (Å²) < 4.78 is 10.9. The smallest absolute Gasteiger partial charge is 0.0876 e. The molecule has 1 atom stereocenters. The van der Waals surface area contributed by atoms with Crippen LogP contribution in [0.15, 0.2) is 11.8 Å². The molecule has 0 fully saturated rings. The van der Waals surface area contributed by atoms with Gasteiger partial charge in [0.1, 0.15) is 0 Å². The fourth-order valence-electron chi connectivity index (χ4n) is 1.51. The average Bonchev–Trinajstić information content (AvgIpc) is 2.20. The Morgan fingerprint density at radius 3 is 2.86 bits per heavy atom. The zero-order valence-electron chi connectivity index (χ0n) is 9.38. The second kappa shape index (κ2) is 6.04. The summed E-state index contributed by atoms with van der Waals surface area (Å²) >= 11 is 0. The molecule has 1 rings (SSSR count). The van der Waals surface area contributed by atoms with Crippen molar-refractivity contribution < 1.29 is 9.47 Å². The summed E-state index contributed by atoms with van der Waals surface area (Å²) in [7, 11) is 1.96. The lowest BCUT2D eigenvalue weighted by Crippen LogP contribution is -2.34. The molecule has 1 unspecified atom stereocenters. The minimum absolute atomic E-state index is 0.288. The molecule has 3 nitrogen and oxygen atoms in total. The molecule has 0 aromatic rings. The fourth-order valence-corrected chi connectivity index (χ4v) is 1.51. The van der Waals surface area contributed by atoms with E-state index in [4.69, 9.17) is 9.47 Å². The van der Waals surface area contributed by atoms with E-state index in [1.54, 1.807) is 0 Å². The van der Waals surface area contributed by atoms with Gasteiger partial charge in [-0.3, -0.25) is 0 Å². The van der Waals surface area contributed by atoms with Gasteiger partial charge in [-0.1, -0.05) is 0 Å². The zero-order chi connectivity index (χ0) is 10.4. The van der Waals surface area contributed by atoms with E-state index in [1.807, 2.05) is 13.3 Å². The van der Waals surface area contributed by atoms with Crippen molar-refractivity contribution in [2.24, 2.45) is 0 Å². The Morgan fingerprint density at radius 1 is 1.57 bits per heavy atom. The third-order valence-electron chi connectivity index (χ3n) is 2.35. The first-order chi connectivity index (χ1) is 6.74. The van der Waals surface area contributed by atoms with E-state index in [1.165, 1.54) is 5.57 Å². The van der Waals surface area contributed by atoms with Crippen LogP contribution in [0.5, 0.6) is 0 Å². The van der Waals surface area contributed by atoms with E-state index in [9.17, 15) is 0 Å². The highest BCUT2D eigenvalue weighted by atomic mass is 16.5. The Labute approximate surface area is 86.5 Å². The van der Waals surface area contributed by atoms with Crippen molar-refractivity contribution >= 4 is 0 Å². The van der Waals surface area contributed by atoms with Crippen molar-refractivity contribution in [2.75, 3.05) is 20.3 Å². The molecule has 82 valence electrons. The lowest BCUT2D eigenvalue weighted by Gasteiger charge is -2.23. The van der Waals surface area contributed by atoms with Gasteiger partial charge in [-0.05, 0) is 39.3 Å². The topological polar surface area (TPSA) is 30.5 Å². The minimum Gasteiger partial charge on any atom is -0.501 e. The normalized spacial score (nSPS) is 19.0. The Hall–Kier alpha value is -0.540. The van der Waals surface area contributed by atoms with Gasteiger partial charge in [0.25, 0.3) is 0 Å². The summed E-state index contributed by atoms with van der Waals surface area (Å²) in [6.07, 6.45) is 4.41. The molecular formula is C11H21NO2. The van der Waals surface area contributed by atoms with Gasteiger partial charge in [0.15, 0.2) is 0 Å². The number of hydrogen-bond donors (Lipinski definition) is 1. The third kappa shape index (κ3) is 3.68. The largest absolute Gasteiger partial charge is 0.501 e. The van der Waals surface area contributed by atoms with Gasteiger partial charge in [-0.2, -0.15) is 0 Å². The Balaban J connectivity index is 2.39. The lowest BCUT2D eigenvalue weighted by molar-refractivity contribution is 0.0663. The standard InChI is InChI=1S/C11H21NO2/c1-9(2)14-8-11(12-3)10-5-4-6-13-7-10/h7,9,11-12H,4-6,8H2,1-3H3. The van der Waals surface area contributed by atoms with Gasteiger partial charge in [0, 0.05) is 0 Å². The highest BCUT2D eigenvalue weighted by Gasteiger charge is 2.15. The van der Waals surface area contributed by atoms with E-state index < -0.39 is 0 Å². The van der Waals surface area contributed by atoms with Crippen molar-refractivity contribution in [1.29, 1.82) is 0 Å². The van der Waals surface area contributed by atoms with Crippen LogP contribution in [0.2, 0.25) is 0 Å². The predicted octanol–water partition coefficient (Wildman–Crippen LogP) is 1.69. The second-order valence-corrected chi connectivity index (χ2v) is 3.89. The van der Waals surface area contributed by atoms with E-state index >= 15 is 0 Å². The first-order valence-electron chi connectivity index (χ1n) is 5.33. The maximum Gasteiger partial charge on any atom is 0.0876 e. The molecule has 1 heterocycles. The first-order valence-corrected chi connectivity index (χ1v) is 5.33. The van der Waals surface area contributed by atoms with Gasteiger partial charge < -0.3 is 14.8 Å². The molecule has 1 aliphatic heterocycles. The van der Waals surface area contributed by atoms with Crippen molar-refractivity contribution in [2.45, 2.75) is 38.8 Å². The zero-order valence-corrected chi connectivity index (χ0v) is 9.38. The van der Waals surface area contributed by atoms with E-state index in [2.05, 4.69) is 19.2 Å². The molecule has 0 spiro atoms. The highest BCUT2D eigenvalue weighted by Crippen LogP contribution is 2.16. The molecule has 0 amide bonds. The van der Waals surface area contributed by atoms with Crippen molar-refractivity contribution in [3.05, 3.63) is 11.8 Å². The van der Waals surface area contributed by atoms with Gasteiger partial charge in [0.2, 0.25) is 0 Å². The van der Waals surface area contributed by atoms with E-state index in [-0.39, 0.29) is 6.10 Å². The van der Waals surface area contributed by atoms with Gasteiger partial charge in [0.05, 0.1) is 31.6 Å². The maximum atomic E-state index is 5.59. The van der Waals surface area contributed by atoms with E-state index in [0.29, 0.717) is 6.04 Å². The summed E-state index contributed by atoms with van der Waals surface area (Å²) in [5.41, 5.74) is 1.32. The van der Waals surface area contributed by atoms with Crippen LogP contribution in [-0.4, -0.2) is 32.4 Å². The predicted molar refractivity (Wildman–Crippen MR) is 57.2 cm³/mol. The van der Waals surface area contributed by atoms with Crippen molar-refractivity contribution in [3.63, 3.8) is 0 Å². The molecule has 0 aromatic heterocycles. The first kappa shape index (κ1) is 11.5. The molecule has 0 aromatic carbocycles. The van der Waals surface area contributed by atoms with Crippen LogP contribution in [0.3, 0.4) is 0 Å². The van der Waals surface area contributed by atoms with Gasteiger partial charge in [-0.25, -0.2) is 0 Å². The number of rotatable bonds is 5. The number of likely N-dealkylation sites (N-methyl/N-ethyl adjacent to an activating group) is 1. The molecule has 1 aliphatic rings. The van der Waals surface area contributed by atoms with Crippen LogP contribution < -0.4 is 5.32 Å². The van der Waals surface area contributed by atoms with Gasteiger partial charge in [-0.15, -0.1) is 0 Å². The summed E-state index contributed by atoms with van der Waals surface area (Å²) in [4.78, 5) is 0. The molecule has 0 saturated carbocycles. The van der Waals surface area contributed by atoms with Crippen LogP contribution in [0, 0.1) is 0 Å². The SMILES string of the molecule is CNC(COC(C)C)C1=COCCC1. The number of ether oxygens (including phenoxy) is 2. The average molecular weight is 199 g/mol. The van der Waals surface area contributed by atoms with Gasteiger partial charge >= 0.3 is 0 Å². The molecule has 0 radical (unpaired) electrons. The van der Waals surface area contributed by atoms with Crippen LogP contribution in [-0.2, 0) is 9.47 Å². The fraction of sp³-hybridized carbons (Fsp3) is 0.818. The quantitative estimate of drug-likeness (QED) is 0.731. The summed E-state index contributed by atoms with van der Waals surface area (Å²) in [6.45, 7) is 5.69. The van der Waals surface area contributed by atoms with Crippen LogP contribution in [0.1, 0.15) is 26.7 Å². The molecule has 0 bridgehead atoms. The molecule has 0 saturated heterocycles. The van der Waals surface area contributed by atoms with Crippen molar-refractivity contribution in [1.82, 2.24) is 5.32 Å². The van der Waals surface area contributed by atoms with Crippen LogP contribution >= 0.6 is 0 Å². The second-order valence-electron chi connectivity index (χ2n) is 3.89. The highest BCUT2D eigenvalue weighted by molar-refractivity contribution is 5.09. The van der Waals surface area contributed by atoms with E-state index in [0.717, 1.165) is 26.1 Å². The lowest BCUT2D eigenvalue weighted by atomic mass is 10.0. The Bertz CT molecular complexity index is 190.